The van der Waals surface area contributed by atoms with Crippen molar-refractivity contribution in [3.8, 4) is 0 Å². The van der Waals surface area contributed by atoms with Crippen LogP contribution in [0.15, 0.2) is 23.4 Å². The third-order valence-corrected chi connectivity index (χ3v) is 2.64. The van der Waals surface area contributed by atoms with Gasteiger partial charge in [0, 0.05) is 23.4 Å². The first-order valence-corrected chi connectivity index (χ1v) is 5.79. The van der Waals surface area contributed by atoms with E-state index in [1.54, 1.807) is 13.0 Å². The topological polar surface area (TPSA) is 46.2 Å². The van der Waals surface area contributed by atoms with Crippen LogP contribution in [0.1, 0.15) is 40.0 Å². The fourth-order valence-corrected chi connectivity index (χ4v) is 1.69. The Balaban J connectivity index is 2.59. The van der Waals surface area contributed by atoms with Gasteiger partial charge in [-0.15, -0.1) is 0 Å². The van der Waals surface area contributed by atoms with Crippen molar-refractivity contribution in [1.29, 1.82) is 0 Å². The molecule has 0 fully saturated rings. The number of Topliss-reactive ketones (excluding diaryl/α,β-unsaturated/α-hetero) is 1. The molecular weight excluding hydrogens is 202 g/mol. The van der Waals surface area contributed by atoms with Crippen molar-refractivity contribution in [1.82, 2.24) is 5.32 Å². The number of allylic oxidation sites excluding steroid dienone is 3. The molecule has 1 aliphatic carbocycles. The van der Waals surface area contributed by atoms with Crippen molar-refractivity contribution >= 4 is 11.6 Å². The molecule has 0 amide bonds. The van der Waals surface area contributed by atoms with Crippen LogP contribution in [0, 0.1) is 0 Å². The highest BCUT2D eigenvalue weighted by molar-refractivity contribution is 6.48. The summed E-state index contributed by atoms with van der Waals surface area (Å²) in [6.45, 7) is 5.91. The van der Waals surface area contributed by atoms with Crippen LogP contribution >= 0.6 is 0 Å². The molecule has 0 heterocycles. The second kappa shape index (κ2) is 5.64. The minimum atomic E-state index is -0.426. The summed E-state index contributed by atoms with van der Waals surface area (Å²) in [4.78, 5) is 22.5. The Hall–Kier alpha value is -1.38. The van der Waals surface area contributed by atoms with E-state index < -0.39 is 11.6 Å². The lowest BCUT2D eigenvalue weighted by atomic mass is 10.0. The highest BCUT2D eigenvalue weighted by atomic mass is 16.2. The van der Waals surface area contributed by atoms with Gasteiger partial charge >= 0.3 is 0 Å². The minimum Gasteiger partial charge on any atom is -0.382 e. The first kappa shape index (κ1) is 12.7. The Morgan fingerprint density at radius 2 is 2.00 bits per heavy atom. The van der Waals surface area contributed by atoms with Gasteiger partial charge in [-0.3, -0.25) is 9.59 Å². The van der Waals surface area contributed by atoms with E-state index in [2.05, 4.69) is 19.2 Å². The number of nitrogens with one attached hydrogen (secondary N) is 1. The summed E-state index contributed by atoms with van der Waals surface area (Å²) < 4.78 is 0. The summed E-state index contributed by atoms with van der Waals surface area (Å²) in [5.41, 5.74) is 1.27. The quantitative estimate of drug-likeness (QED) is 0.571. The largest absolute Gasteiger partial charge is 0.382 e. The molecule has 16 heavy (non-hydrogen) atoms. The predicted octanol–water partition coefficient (Wildman–Crippen LogP) is 2.14. The van der Waals surface area contributed by atoms with Crippen molar-refractivity contribution in [3.63, 3.8) is 0 Å². The second-order valence-corrected chi connectivity index (χ2v) is 4.31. The molecule has 3 nitrogen and oxygen atoms in total. The van der Waals surface area contributed by atoms with Crippen LogP contribution in [0.4, 0.5) is 0 Å². The molecule has 0 radical (unpaired) electrons. The van der Waals surface area contributed by atoms with Crippen LogP contribution in [0.5, 0.6) is 0 Å². The minimum absolute atomic E-state index is 0.330. The van der Waals surface area contributed by atoms with Gasteiger partial charge in [-0.1, -0.05) is 19.8 Å². The molecule has 0 aliphatic heterocycles. The molecule has 0 spiro atoms. The van der Waals surface area contributed by atoms with Crippen LogP contribution in [0.25, 0.3) is 0 Å². The Morgan fingerprint density at radius 1 is 1.31 bits per heavy atom. The van der Waals surface area contributed by atoms with Gasteiger partial charge in [0.15, 0.2) is 0 Å². The van der Waals surface area contributed by atoms with E-state index in [4.69, 9.17) is 0 Å². The molecule has 1 rings (SSSR count). The summed E-state index contributed by atoms with van der Waals surface area (Å²) >= 11 is 0. The summed E-state index contributed by atoms with van der Waals surface area (Å²) in [6, 6.07) is 0.330. The standard InChI is InChI=1S/C13H19NO2/c1-4-5-6-10(3)14-11-7-9(2)13(16)12(15)8-11/h7-8,10,14H,4-6H2,1-3H3/t10-/m1/s1. The molecule has 1 atom stereocenters. The highest BCUT2D eigenvalue weighted by Crippen LogP contribution is 2.11. The SMILES string of the molecule is CCCC[C@@H](C)NC1=CC(=O)C(=O)C(C)=C1. The lowest BCUT2D eigenvalue weighted by Crippen LogP contribution is -2.28. The number of unbranched alkanes of at least 4 members (excludes halogenated alkanes) is 1. The Kier molecular flexibility index (Phi) is 4.47. The van der Waals surface area contributed by atoms with Gasteiger partial charge in [0.1, 0.15) is 0 Å². The normalized spacial score (nSPS) is 17.9. The molecule has 0 aromatic rings. The van der Waals surface area contributed by atoms with Crippen LogP contribution in [0.2, 0.25) is 0 Å². The molecule has 0 aromatic carbocycles. The number of ketones is 2. The summed E-state index contributed by atoms with van der Waals surface area (Å²) in [5, 5.41) is 3.25. The fraction of sp³-hybridized carbons (Fsp3) is 0.538. The van der Waals surface area contributed by atoms with Crippen molar-refractivity contribution in [2.24, 2.45) is 0 Å². The number of rotatable bonds is 5. The molecule has 3 heteroatoms. The first-order valence-electron chi connectivity index (χ1n) is 5.79. The van der Waals surface area contributed by atoms with E-state index in [-0.39, 0.29) is 0 Å². The second-order valence-electron chi connectivity index (χ2n) is 4.31. The zero-order valence-corrected chi connectivity index (χ0v) is 10.2. The molecular formula is C13H19NO2. The van der Waals surface area contributed by atoms with E-state index in [0.717, 1.165) is 25.0 Å². The van der Waals surface area contributed by atoms with Crippen molar-refractivity contribution < 1.29 is 9.59 Å². The predicted molar refractivity (Wildman–Crippen MR) is 64.0 cm³/mol. The Morgan fingerprint density at radius 3 is 2.56 bits per heavy atom. The third kappa shape index (κ3) is 3.33. The van der Waals surface area contributed by atoms with Gasteiger partial charge in [-0.05, 0) is 26.3 Å². The summed E-state index contributed by atoms with van der Waals surface area (Å²) in [6.07, 6.45) is 6.53. The first-order chi connectivity index (χ1) is 7.54. The molecule has 0 saturated heterocycles. The summed E-state index contributed by atoms with van der Waals surface area (Å²) in [5.74, 6) is -0.822. The zero-order chi connectivity index (χ0) is 12.1. The molecule has 0 bridgehead atoms. The highest BCUT2D eigenvalue weighted by Gasteiger charge is 2.19. The fourth-order valence-electron chi connectivity index (χ4n) is 1.69. The van der Waals surface area contributed by atoms with Crippen LogP contribution in [0.3, 0.4) is 0 Å². The lowest BCUT2D eigenvalue weighted by molar-refractivity contribution is -0.131. The maximum atomic E-state index is 11.3. The van der Waals surface area contributed by atoms with E-state index in [9.17, 15) is 9.59 Å². The van der Waals surface area contributed by atoms with Crippen molar-refractivity contribution in [3.05, 3.63) is 23.4 Å². The molecule has 1 aliphatic rings. The lowest BCUT2D eigenvalue weighted by Gasteiger charge is -2.17. The van der Waals surface area contributed by atoms with Crippen LogP contribution in [-0.2, 0) is 9.59 Å². The number of hydrogen-bond donors (Lipinski definition) is 1. The zero-order valence-electron chi connectivity index (χ0n) is 10.2. The maximum Gasteiger partial charge on any atom is 0.228 e. The number of carbonyl (C=O) groups is 2. The van der Waals surface area contributed by atoms with Gasteiger partial charge in [0.2, 0.25) is 11.6 Å². The van der Waals surface area contributed by atoms with Crippen molar-refractivity contribution in [2.45, 2.75) is 46.1 Å². The Bertz CT molecular complexity index is 353. The average Bonchev–Trinajstić information content (AvgIpc) is 2.23. The van der Waals surface area contributed by atoms with E-state index in [1.807, 2.05) is 0 Å². The smallest absolute Gasteiger partial charge is 0.228 e. The maximum absolute atomic E-state index is 11.3. The number of carbonyl (C=O) groups excluding carboxylic acids is 2. The van der Waals surface area contributed by atoms with Gasteiger partial charge in [-0.25, -0.2) is 0 Å². The van der Waals surface area contributed by atoms with Gasteiger partial charge in [-0.2, -0.15) is 0 Å². The van der Waals surface area contributed by atoms with Crippen LogP contribution < -0.4 is 5.32 Å². The molecule has 0 unspecified atom stereocenters. The molecule has 0 aromatic heterocycles. The average molecular weight is 221 g/mol. The molecule has 1 N–H and O–H groups in total. The molecule has 88 valence electrons. The summed E-state index contributed by atoms with van der Waals surface area (Å²) in [7, 11) is 0. The monoisotopic (exact) mass is 221 g/mol. The van der Waals surface area contributed by atoms with Gasteiger partial charge in [0.05, 0.1) is 0 Å². The van der Waals surface area contributed by atoms with Gasteiger partial charge < -0.3 is 5.32 Å². The van der Waals surface area contributed by atoms with Gasteiger partial charge in [0.25, 0.3) is 0 Å². The van der Waals surface area contributed by atoms with E-state index in [0.29, 0.717) is 11.6 Å². The van der Waals surface area contributed by atoms with Crippen molar-refractivity contribution in [2.75, 3.05) is 0 Å². The number of hydrogen-bond acceptors (Lipinski definition) is 3. The third-order valence-electron chi connectivity index (χ3n) is 2.64. The van der Waals surface area contributed by atoms with Crippen LogP contribution in [-0.4, -0.2) is 17.6 Å². The van der Waals surface area contributed by atoms with E-state index in [1.165, 1.54) is 6.08 Å². The Labute approximate surface area is 96.6 Å². The molecule has 0 saturated carbocycles. The van der Waals surface area contributed by atoms with E-state index >= 15 is 0 Å².